The molecule has 1 aromatic rings. The van der Waals surface area contributed by atoms with Gasteiger partial charge in [-0.2, -0.15) is 0 Å². The molecule has 1 aliphatic carbocycles. The van der Waals surface area contributed by atoms with Crippen LogP contribution < -0.4 is 5.32 Å². The molecule has 0 amide bonds. The van der Waals surface area contributed by atoms with Crippen LogP contribution in [0.25, 0.3) is 0 Å². The number of hydrogen-bond donors (Lipinski definition) is 1. The van der Waals surface area contributed by atoms with Crippen LogP contribution in [0.3, 0.4) is 0 Å². The second-order valence-corrected chi connectivity index (χ2v) is 6.99. The van der Waals surface area contributed by atoms with Gasteiger partial charge in [-0.25, -0.2) is 4.39 Å². The zero-order valence-electron chi connectivity index (χ0n) is 13.7. The average Bonchev–Trinajstić information content (AvgIpc) is 2.87. The standard InChI is InChI=1S/C18H29FN2/c1-4-9-21-17(15-10-16(19)13-20-12-15)18(11-14(2)3)7-5-6-8-18/h10,12-14,17,21H,4-9,11H2,1-3H3. The second-order valence-electron chi connectivity index (χ2n) is 6.99. The first kappa shape index (κ1) is 16.4. The highest BCUT2D eigenvalue weighted by molar-refractivity contribution is 5.19. The van der Waals surface area contributed by atoms with Crippen molar-refractivity contribution in [2.75, 3.05) is 6.54 Å². The van der Waals surface area contributed by atoms with Gasteiger partial charge in [0.25, 0.3) is 0 Å². The lowest BCUT2D eigenvalue weighted by Crippen LogP contribution is -2.38. The Morgan fingerprint density at radius 1 is 1.29 bits per heavy atom. The van der Waals surface area contributed by atoms with Crippen LogP contribution in [0.1, 0.15) is 70.9 Å². The fourth-order valence-electron chi connectivity index (χ4n) is 4.07. The zero-order valence-corrected chi connectivity index (χ0v) is 13.7. The van der Waals surface area contributed by atoms with Gasteiger partial charge < -0.3 is 5.32 Å². The second kappa shape index (κ2) is 7.35. The predicted octanol–water partition coefficient (Wildman–Crippen LogP) is 4.87. The molecule has 21 heavy (non-hydrogen) atoms. The summed E-state index contributed by atoms with van der Waals surface area (Å²) in [5.74, 6) is 0.434. The fraction of sp³-hybridized carbons (Fsp3) is 0.722. The number of nitrogens with zero attached hydrogens (tertiary/aromatic N) is 1. The van der Waals surface area contributed by atoms with E-state index < -0.39 is 0 Å². The van der Waals surface area contributed by atoms with E-state index in [-0.39, 0.29) is 17.3 Å². The largest absolute Gasteiger partial charge is 0.309 e. The Labute approximate surface area is 128 Å². The summed E-state index contributed by atoms with van der Waals surface area (Å²) in [6.45, 7) is 7.74. The van der Waals surface area contributed by atoms with Crippen molar-refractivity contribution in [2.24, 2.45) is 11.3 Å². The van der Waals surface area contributed by atoms with Gasteiger partial charge in [0, 0.05) is 12.2 Å². The van der Waals surface area contributed by atoms with Crippen molar-refractivity contribution in [1.29, 1.82) is 0 Å². The van der Waals surface area contributed by atoms with Crippen LogP contribution in [0.5, 0.6) is 0 Å². The predicted molar refractivity (Wildman–Crippen MR) is 85.6 cm³/mol. The van der Waals surface area contributed by atoms with Crippen molar-refractivity contribution >= 4 is 0 Å². The molecule has 0 saturated heterocycles. The molecule has 3 heteroatoms. The lowest BCUT2D eigenvalue weighted by Gasteiger charge is -2.40. The highest BCUT2D eigenvalue weighted by Gasteiger charge is 2.42. The van der Waals surface area contributed by atoms with Gasteiger partial charge >= 0.3 is 0 Å². The highest BCUT2D eigenvalue weighted by Crippen LogP contribution is 2.51. The number of hydrogen-bond acceptors (Lipinski definition) is 2. The van der Waals surface area contributed by atoms with Gasteiger partial charge in [-0.15, -0.1) is 0 Å². The minimum absolute atomic E-state index is 0.227. The summed E-state index contributed by atoms with van der Waals surface area (Å²) in [6.07, 6.45) is 10.5. The third kappa shape index (κ3) is 4.03. The van der Waals surface area contributed by atoms with E-state index in [4.69, 9.17) is 0 Å². The first-order valence-electron chi connectivity index (χ1n) is 8.41. The molecular formula is C18H29FN2. The maximum atomic E-state index is 13.6. The van der Waals surface area contributed by atoms with Gasteiger partial charge in [-0.05, 0) is 55.2 Å². The number of aromatic nitrogens is 1. The van der Waals surface area contributed by atoms with E-state index in [1.807, 2.05) is 6.20 Å². The fourth-order valence-corrected chi connectivity index (χ4v) is 4.07. The lowest BCUT2D eigenvalue weighted by atomic mass is 9.70. The average molecular weight is 292 g/mol. The van der Waals surface area contributed by atoms with E-state index in [9.17, 15) is 4.39 Å². The quantitative estimate of drug-likeness (QED) is 0.775. The summed E-state index contributed by atoms with van der Waals surface area (Å²) in [5.41, 5.74) is 1.28. The van der Waals surface area contributed by atoms with Crippen molar-refractivity contribution in [2.45, 2.75) is 65.3 Å². The number of rotatable bonds is 7. The molecule has 0 aliphatic heterocycles. The normalized spacial score (nSPS) is 19.1. The first-order valence-corrected chi connectivity index (χ1v) is 8.41. The molecule has 118 valence electrons. The van der Waals surface area contributed by atoms with Gasteiger partial charge in [0.15, 0.2) is 0 Å². The number of nitrogens with one attached hydrogen (secondary N) is 1. The SMILES string of the molecule is CCCNC(c1cncc(F)c1)C1(CC(C)C)CCCC1. The Hall–Kier alpha value is -0.960. The van der Waals surface area contributed by atoms with E-state index in [1.165, 1.54) is 38.3 Å². The van der Waals surface area contributed by atoms with E-state index in [1.54, 1.807) is 6.07 Å². The highest BCUT2D eigenvalue weighted by atomic mass is 19.1. The first-order chi connectivity index (χ1) is 10.1. The molecule has 1 aromatic heterocycles. The van der Waals surface area contributed by atoms with Crippen LogP contribution in [0.4, 0.5) is 4.39 Å². The van der Waals surface area contributed by atoms with E-state index in [0.717, 1.165) is 18.5 Å². The van der Waals surface area contributed by atoms with Crippen LogP contribution in [-0.4, -0.2) is 11.5 Å². The molecule has 1 heterocycles. The molecule has 1 unspecified atom stereocenters. The van der Waals surface area contributed by atoms with Crippen molar-refractivity contribution in [3.8, 4) is 0 Å². The van der Waals surface area contributed by atoms with Crippen molar-refractivity contribution < 1.29 is 4.39 Å². The maximum Gasteiger partial charge on any atom is 0.141 e. The third-order valence-electron chi connectivity index (χ3n) is 4.68. The van der Waals surface area contributed by atoms with Crippen molar-refractivity contribution in [3.05, 3.63) is 29.8 Å². The van der Waals surface area contributed by atoms with Gasteiger partial charge in [-0.3, -0.25) is 4.98 Å². The van der Waals surface area contributed by atoms with Crippen LogP contribution >= 0.6 is 0 Å². The van der Waals surface area contributed by atoms with Crippen LogP contribution in [0, 0.1) is 17.2 Å². The van der Waals surface area contributed by atoms with E-state index >= 15 is 0 Å². The monoisotopic (exact) mass is 292 g/mol. The molecule has 1 saturated carbocycles. The smallest absolute Gasteiger partial charge is 0.141 e. The Bertz CT molecular complexity index is 439. The minimum Gasteiger partial charge on any atom is -0.309 e. The van der Waals surface area contributed by atoms with Crippen LogP contribution in [0.15, 0.2) is 18.5 Å². The van der Waals surface area contributed by atoms with Crippen LogP contribution in [0.2, 0.25) is 0 Å². The molecule has 2 rings (SSSR count). The Balaban J connectivity index is 2.32. The zero-order chi connectivity index (χ0) is 15.3. The van der Waals surface area contributed by atoms with Gasteiger partial charge in [0.05, 0.1) is 6.20 Å². The molecule has 1 atom stereocenters. The molecule has 2 nitrogen and oxygen atoms in total. The molecular weight excluding hydrogens is 263 g/mol. The van der Waals surface area contributed by atoms with E-state index in [2.05, 4.69) is 31.1 Å². The van der Waals surface area contributed by atoms with Crippen LogP contribution in [-0.2, 0) is 0 Å². The van der Waals surface area contributed by atoms with Crippen molar-refractivity contribution in [3.63, 3.8) is 0 Å². The summed E-state index contributed by atoms with van der Waals surface area (Å²) in [7, 11) is 0. The topological polar surface area (TPSA) is 24.9 Å². The molecule has 0 aromatic carbocycles. The van der Waals surface area contributed by atoms with E-state index in [0.29, 0.717) is 5.92 Å². The van der Waals surface area contributed by atoms with Crippen molar-refractivity contribution in [1.82, 2.24) is 10.3 Å². The molecule has 1 fully saturated rings. The summed E-state index contributed by atoms with van der Waals surface area (Å²) in [6, 6.07) is 1.89. The molecule has 1 N–H and O–H groups in total. The molecule has 0 bridgehead atoms. The lowest BCUT2D eigenvalue weighted by molar-refractivity contribution is 0.155. The summed E-state index contributed by atoms with van der Waals surface area (Å²) >= 11 is 0. The summed E-state index contributed by atoms with van der Waals surface area (Å²) in [4.78, 5) is 4.08. The summed E-state index contributed by atoms with van der Waals surface area (Å²) < 4.78 is 13.6. The van der Waals surface area contributed by atoms with Gasteiger partial charge in [0.2, 0.25) is 0 Å². The number of pyridine rings is 1. The van der Waals surface area contributed by atoms with Gasteiger partial charge in [0.1, 0.15) is 5.82 Å². The Morgan fingerprint density at radius 3 is 2.57 bits per heavy atom. The Kier molecular flexibility index (Phi) is 5.74. The maximum absolute atomic E-state index is 13.6. The molecule has 1 aliphatic rings. The van der Waals surface area contributed by atoms with Gasteiger partial charge in [-0.1, -0.05) is 33.6 Å². The summed E-state index contributed by atoms with van der Waals surface area (Å²) in [5, 5.41) is 3.69. The minimum atomic E-state index is -0.228. The molecule has 0 radical (unpaired) electrons. The Morgan fingerprint density at radius 2 is 2.00 bits per heavy atom. The number of halogens is 1. The third-order valence-corrected chi connectivity index (χ3v) is 4.68. The molecule has 0 spiro atoms.